The SMILES string of the molecule is c1ccc(-n2ccc3cc4c(cc32)c2ccc3c5ccccc5sc3c2n4-c2ccc3c(c2)c2ccccc2n3-c2ccccc2)cc1. The van der Waals surface area contributed by atoms with Crippen LogP contribution in [-0.4, -0.2) is 13.7 Å². The fraction of sp³-hybridized carbons (Fsp3) is 0. The lowest BCUT2D eigenvalue weighted by molar-refractivity contribution is 1.13. The molecule has 0 N–H and O–H groups in total. The van der Waals surface area contributed by atoms with Crippen molar-refractivity contribution in [3.05, 3.63) is 164 Å². The fourth-order valence-electron chi connectivity index (χ4n) is 7.94. The molecule has 0 bridgehead atoms. The maximum atomic E-state index is 2.52. The molecule has 0 saturated heterocycles. The standard InChI is InChI=1S/C44H27N3S/c1-3-11-29(12-4-1)45-24-23-28-25-41-37(27-40(28)45)34-20-21-35-33-16-8-10-18-42(33)48-44(35)43(34)47(41)31-19-22-39-36(26-31)32-15-7-9-17-38(32)46(39)30-13-5-2-6-14-30/h1-27H. The molecular formula is C44H27N3S. The van der Waals surface area contributed by atoms with Gasteiger partial charge in [0.25, 0.3) is 0 Å². The van der Waals surface area contributed by atoms with E-state index in [-0.39, 0.29) is 0 Å². The zero-order chi connectivity index (χ0) is 31.3. The first-order chi connectivity index (χ1) is 23.8. The lowest BCUT2D eigenvalue weighted by Crippen LogP contribution is -1.96. The maximum Gasteiger partial charge on any atom is 0.0719 e. The Morgan fingerprint density at radius 3 is 1.92 bits per heavy atom. The highest BCUT2D eigenvalue weighted by Gasteiger charge is 2.21. The highest BCUT2D eigenvalue weighted by atomic mass is 32.1. The molecule has 0 aliphatic heterocycles. The van der Waals surface area contributed by atoms with Gasteiger partial charge in [0.1, 0.15) is 0 Å². The van der Waals surface area contributed by atoms with E-state index in [0.29, 0.717) is 0 Å². The van der Waals surface area contributed by atoms with E-state index in [1.807, 2.05) is 11.3 Å². The van der Waals surface area contributed by atoms with E-state index in [1.165, 1.54) is 91.7 Å². The summed E-state index contributed by atoms with van der Waals surface area (Å²) < 4.78 is 9.86. The van der Waals surface area contributed by atoms with E-state index >= 15 is 0 Å². The molecule has 0 amide bonds. The lowest BCUT2D eigenvalue weighted by atomic mass is 10.1. The van der Waals surface area contributed by atoms with E-state index in [9.17, 15) is 0 Å². The zero-order valence-electron chi connectivity index (χ0n) is 25.8. The molecule has 0 spiro atoms. The third-order valence-electron chi connectivity index (χ3n) is 10.0. The van der Waals surface area contributed by atoms with Gasteiger partial charge in [-0.3, -0.25) is 0 Å². The summed E-state index contributed by atoms with van der Waals surface area (Å²) in [5.74, 6) is 0. The van der Waals surface area contributed by atoms with Gasteiger partial charge in [0.15, 0.2) is 0 Å². The molecule has 0 fully saturated rings. The van der Waals surface area contributed by atoms with E-state index in [4.69, 9.17) is 0 Å². The average Bonchev–Trinajstić information content (AvgIpc) is 3.90. The molecule has 4 aromatic heterocycles. The molecule has 4 heteroatoms. The highest BCUT2D eigenvalue weighted by Crippen LogP contribution is 2.44. The summed E-state index contributed by atoms with van der Waals surface area (Å²) >= 11 is 1.90. The molecule has 48 heavy (non-hydrogen) atoms. The third kappa shape index (κ3) is 3.52. The Balaban J connectivity index is 1.27. The van der Waals surface area contributed by atoms with Crippen LogP contribution in [0.3, 0.4) is 0 Å². The minimum atomic E-state index is 1.17. The Kier molecular flexibility index (Phi) is 5.26. The smallest absolute Gasteiger partial charge is 0.0719 e. The summed E-state index contributed by atoms with van der Waals surface area (Å²) in [5.41, 5.74) is 9.65. The molecule has 0 saturated carbocycles. The Morgan fingerprint density at radius 2 is 1.06 bits per heavy atom. The number of hydrogen-bond donors (Lipinski definition) is 0. The molecule has 11 aromatic rings. The first-order valence-corrected chi connectivity index (χ1v) is 17.2. The third-order valence-corrected chi connectivity index (χ3v) is 11.2. The molecule has 0 radical (unpaired) electrons. The van der Waals surface area contributed by atoms with Crippen LogP contribution in [0.25, 0.3) is 91.7 Å². The topological polar surface area (TPSA) is 14.8 Å². The number of hydrogen-bond acceptors (Lipinski definition) is 1. The van der Waals surface area contributed by atoms with Gasteiger partial charge in [0, 0.05) is 65.7 Å². The van der Waals surface area contributed by atoms with Crippen molar-refractivity contribution >= 4 is 86.0 Å². The van der Waals surface area contributed by atoms with Crippen LogP contribution < -0.4 is 0 Å². The highest BCUT2D eigenvalue weighted by molar-refractivity contribution is 7.26. The largest absolute Gasteiger partial charge is 0.317 e. The van der Waals surface area contributed by atoms with Gasteiger partial charge in [-0.05, 0) is 72.8 Å². The minimum absolute atomic E-state index is 1.17. The van der Waals surface area contributed by atoms with Crippen LogP contribution in [0.1, 0.15) is 0 Å². The second kappa shape index (κ2) is 9.71. The first kappa shape index (κ1) is 26.0. The van der Waals surface area contributed by atoms with Crippen LogP contribution in [0.2, 0.25) is 0 Å². The second-order valence-corrected chi connectivity index (χ2v) is 13.7. The molecule has 224 valence electrons. The fourth-order valence-corrected chi connectivity index (χ4v) is 9.18. The van der Waals surface area contributed by atoms with Crippen molar-refractivity contribution in [2.45, 2.75) is 0 Å². The molecule has 0 atom stereocenters. The molecule has 4 heterocycles. The van der Waals surface area contributed by atoms with E-state index in [0.717, 1.165) is 0 Å². The van der Waals surface area contributed by atoms with Gasteiger partial charge in [-0.15, -0.1) is 11.3 Å². The second-order valence-electron chi connectivity index (χ2n) is 12.6. The van der Waals surface area contributed by atoms with Crippen LogP contribution >= 0.6 is 11.3 Å². The van der Waals surface area contributed by atoms with Crippen molar-refractivity contribution in [1.29, 1.82) is 0 Å². The number of nitrogens with zero attached hydrogens (tertiary/aromatic N) is 3. The van der Waals surface area contributed by atoms with Gasteiger partial charge >= 0.3 is 0 Å². The molecule has 3 nitrogen and oxygen atoms in total. The number of rotatable bonds is 3. The van der Waals surface area contributed by atoms with Gasteiger partial charge in [-0.25, -0.2) is 0 Å². The number of fused-ring (bicyclic) bond motifs is 11. The molecule has 7 aromatic carbocycles. The predicted octanol–water partition coefficient (Wildman–Crippen LogP) is 12.2. The molecule has 0 aliphatic rings. The molecule has 11 rings (SSSR count). The minimum Gasteiger partial charge on any atom is -0.317 e. The van der Waals surface area contributed by atoms with Crippen molar-refractivity contribution in [3.8, 4) is 17.1 Å². The average molecular weight is 630 g/mol. The quantitative estimate of drug-likeness (QED) is 0.185. The van der Waals surface area contributed by atoms with Crippen LogP contribution in [-0.2, 0) is 0 Å². The van der Waals surface area contributed by atoms with Crippen LogP contribution in [0.15, 0.2) is 164 Å². The Labute approximate surface area is 279 Å². The monoisotopic (exact) mass is 629 g/mol. The lowest BCUT2D eigenvalue weighted by Gasteiger charge is -2.11. The zero-order valence-corrected chi connectivity index (χ0v) is 26.7. The summed E-state index contributed by atoms with van der Waals surface area (Å²) in [6.45, 7) is 0. The van der Waals surface area contributed by atoms with E-state index in [2.05, 4.69) is 178 Å². The number of para-hydroxylation sites is 3. The Hall–Kier alpha value is -6.10. The van der Waals surface area contributed by atoms with Crippen LogP contribution in [0.5, 0.6) is 0 Å². The number of aromatic nitrogens is 3. The molecule has 0 unspecified atom stereocenters. The number of thiophene rings is 1. The van der Waals surface area contributed by atoms with Crippen LogP contribution in [0.4, 0.5) is 0 Å². The Bertz CT molecular complexity index is 3050. The van der Waals surface area contributed by atoms with Gasteiger partial charge in [0.05, 0.1) is 32.3 Å². The predicted molar refractivity (Wildman–Crippen MR) is 205 cm³/mol. The van der Waals surface area contributed by atoms with E-state index < -0.39 is 0 Å². The molecule has 0 aliphatic carbocycles. The number of benzene rings is 7. The summed E-state index contributed by atoms with van der Waals surface area (Å²) in [6, 6.07) is 57.7. The first-order valence-electron chi connectivity index (χ1n) is 16.4. The maximum absolute atomic E-state index is 2.52. The summed E-state index contributed by atoms with van der Waals surface area (Å²) in [5, 5.41) is 8.91. The van der Waals surface area contributed by atoms with Crippen molar-refractivity contribution in [2.75, 3.05) is 0 Å². The van der Waals surface area contributed by atoms with Gasteiger partial charge in [0.2, 0.25) is 0 Å². The van der Waals surface area contributed by atoms with Gasteiger partial charge < -0.3 is 13.7 Å². The molecular weight excluding hydrogens is 603 g/mol. The summed E-state index contributed by atoms with van der Waals surface area (Å²) in [7, 11) is 0. The summed E-state index contributed by atoms with van der Waals surface area (Å²) in [6.07, 6.45) is 2.19. The summed E-state index contributed by atoms with van der Waals surface area (Å²) in [4.78, 5) is 0. The van der Waals surface area contributed by atoms with Crippen molar-refractivity contribution in [3.63, 3.8) is 0 Å². The van der Waals surface area contributed by atoms with Gasteiger partial charge in [-0.1, -0.05) is 84.9 Å². The van der Waals surface area contributed by atoms with Gasteiger partial charge in [-0.2, -0.15) is 0 Å². The van der Waals surface area contributed by atoms with Crippen molar-refractivity contribution in [2.24, 2.45) is 0 Å². The van der Waals surface area contributed by atoms with Crippen molar-refractivity contribution in [1.82, 2.24) is 13.7 Å². The van der Waals surface area contributed by atoms with E-state index in [1.54, 1.807) is 0 Å². The Morgan fingerprint density at radius 1 is 0.375 bits per heavy atom. The normalized spacial score (nSPS) is 12.2. The van der Waals surface area contributed by atoms with Crippen molar-refractivity contribution < 1.29 is 0 Å². The van der Waals surface area contributed by atoms with Crippen LogP contribution in [0, 0.1) is 0 Å².